The second kappa shape index (κ2) is 12.1. The second-order valence-corrected chi connectivity index (χ2v) is 9.52. The van der Waals surface area contributed by atoms with Gasteiger partial charge in [0.25, 0.3) is 0 Å². The van der Waals surface area contributed by atoms with Crippen molar-refractivity contribution in [3.8, 4) is 11.1 Å². The maximum atomic E-state index is 11.8. The zero-order chi connectivity index (χ0) is 27.1. The Labute approximate surface area is 225 Å². The lowest BCUT2D eigenvalue weighted by Crippen LogP contribution is -2.30. The first-order chi connectivity index (χ1) is 18.3. The number of aryl methyl sites for hydroxylation is 1. The first kappa shape index (κ1) is 26.5. The highest BCUT2D eigenvalue weighted by Gasteiger charge is 2.17. The van der Waals surface area contributed by atoms with Crippen LogP contribution in [0.25, 0.3) is 11.1 Å². The van der Waals surface area contributed by atoms with Crippen LogP contribution in [0.2, 0.25) is 0 Å². The summed E-state index contributed by atoms with van der Waals surface area (Å²) < 4.78 is 0. The molecule has 3 aromatic rings. The smallest absolute Gasteiger partial charge is 0.224 e. The van der Waals surface area contributed by atoms with E-state index in [0.717, 1.165) is 70.8 Å². The zero-order valence-electron chi connectivity index (χ0n) is 22.2. The minimum absolute atomic E-state index is 0.0622. The number of allylic oxidation sites excluding steroid dienone is 2. The van der Waals surface area contributed by atoms with Crippen LogP contribution in [0.3, 0.4) is 0 Å². The first-order valence-electron chi connectivity index (χ1n) is 12.9. The van der Waals surface area contributed by atoms with Crippen LogP contribution in [0.1, 0.15) is 38.2 Å². The largest absolute Gasteiger partial charge is 0.384 e. The molecular formula is C31H36N6O. The quantitative estimate of drug-likeness (QED) is 0.224. The standard InChI is InChI=1S/C31H36N6O/c1-5-6-8-21(2)17-30(37(4)27-13-14-28-24(19-27)12-16-31(38)36-28)35-22(3)34-26-10-7-9-23(18-26)25-11-15-29(32)33-20-25/h7,9-11,13-15,17-20,34-35H,2-3,5-6,8,12,16H2,1,4H3,(H2,32,33)(H,36,38)/b30-17-. The van der Waals surface area contributed by atoms with Crippen LogP contribution in [-0.2, 0) is 11.2 Å². The van der Waals surface area contributed by atoms with Gasteiger partial charge in [-0.05, 0) is 78.9 Å². The van der Waals surface area contributed by atoms with E-state index in [1.165, 1.54) is 0 Å². The van der Waals surface area contributed by atoms with Gasteiger partial charge in [0.15, 0.2) is 0 Å². The molecule has 7 heteroatoms. The molecule has 0 unspecified atom stereocenters. The second-order valence-electron chi connectivity index (χ2n) is 9.52. The van der Waals surface area contributed by atoms with E-state index in [4.69, 9.17) is 5.73 Å². The van der Waals surface area contributed by atoms with E-state index in [1.807, 2.05) is 49.5 Å². The highest BCUT2D eigenvalue weighted by molar-refractivity contribution is 5.94. The monoisotopic (exact) mass is 508 g/mol. The van der Waals surface area contributed by atoms with Crippen molar-refractivity contribution in [3.05, 3.63) is 103 Å². The van der Waals surface area contributed by atoms with Crippen molar-refractivity contribution in [3.63, 3.8) is 0 Å². The molecule has 1 aliphatic rings. The molecule has 7 nitrogen and oxygen atoms in total. The summed E-state index contributed by atoms with van der Waals surface area (Å²) in [5.41, 5.74) is 12.7. The molecule has 0 aliphatic carbocycles. The maximum Gasteiger partial charge on any atom is 0.224 e. The third-order valence-electron chi connectivity index (χ3n) is 6.48. The summed E-state index contributed by atoms with van der Waals surface area (Å²) >= 11 is 0. The summed E-state index contributed by atoms with van der Waals surface area (Å²) in [6.07, 6.45) is 8.17. The van der Waals surface area contributed by atoms with Gasteiger partial charge >= 0.3 is 0 Å². The van der Waals surface area contributed by atoms with E-state index in [0.29, 0.717) is 18.1 Å². The first-order valence-corrected chi connectivity index (χ1v) is 12.9. The fourth-order valence-corrected chi connectivity index (χ4v) is 4.32. The fraction of sp³-hybridized carbons (Fsp3) is 0.226. The number of carbonyl (C=O) groups is 1. The maximum absolute atomic E-state index is 11.8. The SMILES string of the molecule is C=C(/C=C(/NC(=C)Nc1cccc(-c2ccc(N)nc2)c1)N(C)c1ccc2c(c1)CCC(=O)N2)CCCC. The number of fused-ring (bicyclic) bond motifs is 1. The minimum Gasteiger partial charge on any atom is -0.384 e. The van der Waals surface area contributed by atoms with Crippen LogP contribution >= 0.6 is 0 Å². The molecule has 0 fully saturated rings. The molecule has 2 aromatic carbocycles. The van der Waals surface area contributed by atoms with Gasteiger partial charge in [0.1, 0.15) is 17.5 Å². The summed E-state index contributed by atoms with van der Waals surface area (Å²) in [5.74, 6) is 2.03. The Bertz CT molecular complexity index is 1360. The number of nitrogens with one attached hydrogen (secondary N) is 3. The predicted octanol–water partition coefficient (Wildman–Crippen LogP) is 6.41. The van der Waals surface area contributed by atoms with Crippen molar-refractivity contribution in [1.82, 2.24) is 10.3 Å². The highest BCUT2D eigenvalue weighted by Crippen LogP contribution is 2.29. The van der Waals surface area contributed by atoms with Gasteiger partial charge in [0, 0.05) is 42.3 Å². The number of unbranched alkanes of at least 4 members (excludes halogenated alkanes) is 1. The number of benzene rings is 2. The molecule has 1 aromatic heterocycles. The number of hydrogen-bond donors (Lipinski definition) is 4. The van der Waals surface area contributed by atoms with Crippen molar-refractivity contribution in [1.29, 1.82) is 0 Å². The fourth-order valence-electron chi connectivity index (χ4n) is 4.32. The molecule has 196 valence electrons. The minimum atomic E-state index is 0.0622. The molecule has 5 N–H and O–H groups in total. The number of pyridine rings is 1. The normalized spacial score (nSPS) is 12.8. The Balaban J connectivity index is 1.53. The van der Waals surface area contributed by atoms with Gasteiger partial charge in [-0.2, -0.15) is 0 Å². The molecular weight excluding hydrogens is 472 g/mol. The lowest BCUT2D eigenvalue weighted by atomic mass is 10.0. The number of carbonyl (C=O) groups excluding carboxylic acids is 1. The summed E-state index contributed by atoms with van der Waals surface area (Å²) in [7, 11) is 2.01. The number of aromatic nitrogens is 1. The number of rotatable bonds is 11. The topological polar surface area (TPSA) is 95.3 Å². The van der Waals surface area contributed by atoms with Crippen molar-refractivity contribution < 1.29 is 4.79 Å². The van der Waals surface area contributed by atoms with E-state index in [-0.39, 0.29) is 5.91 Å². The third-order valence-corrected chi connectivity index (χ3v) is 6.48. The summed E-state index contributed by atoms with van der Waals surface area (Å²) in [5, 5.41) is 9.78. The lowest BCUT2D eigenvalue weighted by molar-refractivity contribution is -0.116. The van der Waals surface area contributed by atoms with Crippen LogP contribution < -0.4 is 26.6 Å². The molecule has 0 atom stereocenters. The average molecular weight is 509 g/mol. The molecule has 0 spiro atoms. The van der Waals surface area contributed by atoms with Crippen molar-refractivity contribution in [2.24, 2.45) is 0 Å². The average Bonchev–Trinajstić information content (AvgIpc) is 2.91. The van der Waals surface area contributed by atoms with Crippen LogP contribution in [0, 0.1) is 0 Å². The number of nitrogens with two attached hydrogens (primary N) is 1. The van der Waals surface area contributed by atoms with E-state index in [9.17, 15) is 4.79 Å². The molecule has 0 radical (unpaired) electrons. The van der Waals surface area contributed by atoms with Crippen LogP contribution in [0.15, 0.2) is 97.2 Å². The highest BCUT2D eigenvalue weighted by atomic mass is 16.1. The summed E-state index contributed by atoms with van der Waals surface area (Å²) in [6, 6.07) is 17.9. The molecule has 0 saturated carbocycles. The van der Waals surface area contributed by atoms with Crippen LogP contribution in [0.5, 0.6) is 0 Å². The number of anilines is 4. The Morgan fingerprint density at radius 2 is 1.97 bits per heavy atom. The van der Waals surface area contributed by atoms with Crippen LogP contribution in [-0.4, -0.2) is 17.9 Å². The van der Waals surface area contributed by atoms with Crippen molar-refractivity contribution in [2.75, 3.05) is 28.3 Å². The number of amides is 1. The van der Waals surface area contributed by atoms with E-state index in [2.05, 4.69) is 58.1 Å². The van der Waals surface area contributed by atoms with Crippen molar-refractivity contribution in [2.45, 2.75) is 39.0 Å². The Morgan fingerprint density at radius 1 is 1.13 bits per heavy atom. The molecule has 1 aliphatic heterocycles. The van der Waals surface area contributed by atoms with E-state index >= 15 is 0 Å². The molecule has 38 heavy (non-hydrogen) atoms. The van der Waals surface area contributed by atoms with E-state index < -0.39 is 0 Å². The Hall–Kier alpha value is -4.52. The summed E-state index contributed by atoms with van der Waals surface area (Å²) in [6.45, 7) is 10.7. The third kappa shape index (κ3) is 6.82. The molecule has 4 rings (SSSR count). The molecule has 0 bridgehead atoms. The van der Waals surface area contributed by atoms with Gasteiger partial charge in [-0.1, -0.05) is 44.2 Å². The van der Waals surface area contributed by atoms with Gasteiger partial charge in [0.2, 0.25) is 5.91 Å². The van der Waals surface area contributed by atoms with Crippen molar-refractivity contribution >= 4 is 28.8 Å². The van der Waals surface area contributed by atoms with Gasteiger partial charge in [-0.3, -0.25) is 4.79 Å². The molecule has 2 heterocycles. The van der Waals surface area contributed by atoms with Gasteiger partial charge in [-0.25, -0.2) is 4.98 Å². The Morgan fingerprint density at radius 3 is 2.74 bits per heavy atom. The van der Waals surface area contributed by atoms with Gasteiger partial charge in [0.05, 0.1) is 0 Å². The summed E-state index contributed by atoms with van der Waals surface area (Å²) in [4.78, 5) is 18.1. The number of hydrogen-bond acceptors (Lipinski definition) is 6. The molecule has 0 saturated heterocycles. The molecule has 1 amide bonds. The van der Waals surface area contributed by atoms with Gasteiger partial charge in [-0.15, -0.1) is 0 Å². The zero-order valence-corrected chi connectivity index (χ0v) is 22.2. The van der Waals surface area contributed by atoms with Crippen LogP contribution in [0.4, 0.5) is 22.9 Å². The lowest BCUT2D eigenvalue weighted by Gasteiger charge is -2.27. The number of nitrogens with zero attached hydrogens (tertiary/aromatic N) is 2. The van der Waals surface area contributed by atoms with E-state index in [1.54, 1.807) is 12.3 Å². The Kier molecular flexibility index (Phi) is 8.48. The number of nitrogen functional groups attached to an aromatic ring is 1. The predicted molar refractivity (Wildman–Crippen MR) is 159 cm³/mol. The van der Waals surface area contributed by atoms with Gasteiger partial charge < -0.3 is 26.6 Å².